The van der Waals surface area contributed by atoms with Gasteiger partial charge < -0.3 is 36.4 Å². The van der Waals surface area contributed by atoms with E-state index in [9.17, 15) is 10.2 Å². The van der Waals surface area contributed by atoms with E-state index in [1.54, 1.807) is 0 Å². The van der Waals surface area contributed by atoms with Gasteiger partial charge in [0.05, 0.1) is 6.61 Å². The zero-order valence-electron chi connectivity index (χ0n) is 11.9. The molecule has 0 aromatic heterocycles. The van der Waals surface area contributed by atoms with Crippen LogP contribution in [0.4, 0.5) is 0 Å². The third kappa shape index (κ3) is 3.42. The van der Waals surface area contributed by atoms with Gasteiger partial charge >= 0.3 is 0 Å². The third-order valence-electron chi connectivity index (χ3n) is 3.04. The van der Waals surface area contributed by atoms with E-state index >= 15 is 0 Å². The first kappa shape index (κ1) is 17.1. The van der Waals surface area contributed by atoms with Crippen LogP contribution in [0.2, 0.25) is 0 Å². The SMILES string of the molecule is C=C(N)/N=C1\C(=C(/N)ON)N=CN1OC1OC(CO)C(O)C1O. The van der Waals surface area contributed by atoms with Gasteiger partial charge in [0.1, 0.15) is 30.5 Å². The van der Waals surface area contributed by atoms with Crippen LogP contribution in [0.1, 0.15) is 0 Å². The van der Waals surface area contributed by atoms with E-state index in [-0.39, 0.29) is 23.2 Å². The molecule has 4 atom stereocenters. The predicted octanol–water partition coefficient (Wildman–Crippen LogP) is -3.45. The van der Waals surface area contributed by atoms with Crippen molar-refractivity contribution >= 4 is 12.2 Å². The topological polar surface area (TPSA) is 194 Å². The molecule has 2 heterocycles. The smallest absolute Gasteiger partial charge is 0.239 e. The lowest BCUT2D eigenvalue weighted by atomic mass is 10.1. The minimum atomic E-state index is -1.40. The Hall–Kier alpha value is -2.22. The van der Waals surface area contributed by atoms with Crippen LogP contribution >= 0.6 is 0 Å². The van der Waals surface area contributed by atoms with E-state index < -0.39 is 31.2 Å². The molecule has 0 saturated carbocycles. The number of ether oxygens (including phenoxy) is 1. The van der Waals surface area contributed by atoms with Crippen molar-refractivity contribution in [3.05, 3.63) is 24.0 Å². The van der Waals surface area contributed by atoms with Crippen LogP contribution in [0.25, 0.3) is 0 Å². The molecule has 0 aromatic rings. The average molecular weight is 330 g/mol. The Balaban J connectivity index is 2.20. The second-order valence-electron chi connectivity index (χ2n) is 4.64. The van der Waals surface area contributed by atoms with Gasteiger partial charge in [-0.05, 0) is 0 Å². The molecule has 0 radical (unpaired) electrons. The summed E-state index contributed by atoms with van der Waals surface area (Å²) in [5.41, 5.74) is 11.0. The quantitative estimate of drug-likeness (QED) is 0.218. The average Bonchev–Trinajstić information content (AvgIpc) is 3.02. The molecule has 1 saturated heterocycles. The molecule has 4 unspecified atom stereocenters. The summed E-state index contributed by atoms with van der Waals surface area (Å²) in [5, 5.41) is 29.6. The predicted molar refractivity (Wildman–Crippen MR) is 76.4 cm³/mol. The molecule has 2 aliphatic rings. The summed E-state index contributed by atoms with van der Waals surface area (Å²) in [4.78, 5) is 17.5. The van der Waals surface area contributed by atoms with Gasteiger partial charge in [0.2, 0.25) is 12.2 Å². The molecule has 128 valence electrons. The number of nitrogens with two attached hydrogens (primary N) is 3. The summed E-state index contributed by atoms with van der Waals surface area (Å²) in [6, 6.07) is 0. The number of hydrogen-bond acceptors (Lipinski definition) is 11. The van der Waals surface area contributed by atoms with E-state index in [4.69, 9.17) is 32.0 Å². The first-order chi connectivity index (χ1) is 10.9. The van der Waals surface area contributed by atoms with Crippen molar-refractivity contribution in [1.82, 2.24) is 5.06 Å². The van der Waals surface area contributed by atoms with E-state index in [2.05, 4.69) is 21.4 Å². The lowest BCUT2D eigenvalue weighted by Gasteiger charge is -2.21. The van der Waals surface area contributed by atoms with Crippen LogP contribution in [0.15, 0.2) is 34.0 Å². The Bertz CT molecular complexity index is 563. The van der Waals surface area contributed by atoms with Crippen molar-refractivity contribution in [1.29, 1.82) is 0 Å². The van der Waals surface area contributed by atoms with Gasteiger partial charge in [0.15, 0.2) is 11.5 Å². The molecule has 2 rings (SSSR count). The normalized spacial score (nSPS) is 34.3. The number of hydrogen-bond donors (Lipinski definition) is 6. The lowest BCUT2D eigenvalue weighted by molar-refractivity contribution is -0.236. The van der Waals surface area contributed by atoms with E-state index in [0.717, 1.165) is 11.4 Å². The van der Waals surface area contributed by atoms with Crippen molar-refractivity contribution in [2.24, 2.45) is 27.3 Å². The maximum absolute atomic E-state index is 9.86. The van der Waals surface area contributed by atoms with Crippen LogP contribution < -0.4 is 17.4 Å². The van der Waals surface area contributed by atoms with E-state index in [1.807, 2.05) is 0 Å². The maximum Gasteiger partial charge on any atom is 0.239 e. The lowest BCUT2D eigenvalue weighted by Crippen LogP contribution is -2.39. The van der Waals surface area contributed by atoms with E-state index in [0.29, 0.717) is 0 Å². The highest BCUT2D eigenvalue weighted by Gasteiger charge is 2.45. The second-order valence-corrected chi connectivity index (χ2v) is 4.64. The summed E-state index contributed by atoms with van der Waals surface area (Å²) < 4.78 is 5.18. The Kier molecular flexibility index (Phi) is 5.15. The monoisotopic (exact) mass is 330 g/mol. The van der Waals surface area contributed by atoms with Crippen LogP contribution in [0, 0.1) is 0 Å². The van der Waals surface area contributed by atoms with Crippen LogP contribution in [-0.2, 0) is 14.4 Å². The van der Waals surface area contributed by atoms with Crippen LogP contribution in [0.3, 0.4) is 0 Å². The van der Waals surface area contributed by atoms with Gasteiger partial charge in [-0.2, -0.15) is 11.0 Å². The Morgan fingerprint density at radius 3 is 2.65 bits per heavy atom. The number of aliphatic hydroxyl groups excluding tert-OH is 3. The van der Waals surface area contributed by atoms with E-state index in [1.165, 1.54) is 0 Å². The van der Waals surface area contributed by atoms with Gasteiger partial charge in [-0.25, -0.2) is 14.8 Å². The number of amidine groups is 1. The van der Waals surface area contributed by atoms with Crippen molar-refractivity contribution < 1.29 is 29.7 Å². The largest absolute Gasteiger partial charge is 0.394 e. The fourth-order valence-corrected chi connectivity index (χ4v) is 1.94. The number of nitrogens with zero attached hydrogens (tertiary/aromatic N) is 3. The van der Waals surface area contributed by atoms with Crippen molar-refractivity contribution in [2.75, 3.05) is 6.61 Å². The Morgan fingerprint density at radius 1 is 1.43 bits per heavy atom. The van der Waals surface area contributed by atoms with Gasteiger partial charge in [-0.15, -0.1) is 0 Å². The molecule has 0 spiro atoms. The highest BCUT2D eigenvalue weighted by atomic mass is 16.8. The molecule has 0 amide bonds. The van der Waals surface area contributed by atoms with Crippen LogP contribution in [0.5, 0.6) is 0 Å². The maximum atomic E-state index is 9.86. The van der Waals surface area contributed by atoms with Gasteiger partial charge in [-0.3, -0.25) is 0 Å². The highest BCUT2D eigenvalue weighted by Crippen LogP contribution is 2.25. The van der Waals surface area contributed by atoms with Crippen molar-refractivity contribution in [3.8, 4) is 0 Å². The first-order valence-corrected chi connectivity index (χ1v) is 6.41. The summed E-state index contributed by atoms with van der Waals surface area (Å²) in [5.74, 6) is 4.63. The molecule has 12 nitrogen and oxygen atoms in total. The molecule has 9 N–H and O–H groups in total. The molecule has 0 aliphatic carbocycles. The molecule has 0 bridgehead atoms. The van der Waals surface area contributed by atoms with Gasteiger partial charge in [0.25, 0.3) is 0 Å². The molecular formula is C11H18N6O6. The highest BCUT2D eigenvalue weighted by molar-refractivity contribution is 6.08. The summed E-state index contributed by atoms with van der Waals surface area (Å²) >= 11 is 0. The zero-order valence-corrected chi connectivity index (χ0v) is 11.9. The van der Waals surface area contributed by atoms with Gasteiger partial charge in [0, 0.05) is 0 Å². The fourth-order valence-electron chi connectivity index (χ4n) is 1.94. The molecular weight excluding hydrogens is 312 g/mol. The standard InChI is InChI=1S/C11H18N6O6/c1-4(12)16-10-6(9(13)22-14)15-3-17(10)23-11-8(20)7(19)5(2-18)21-11/h3,5,7-8,11,18-20H,1-2,12-14H2/b9-6-,16-10+. The van der Waals surface area contributed by atoms with Crippen molar-refractivity contribution in [3.63, 3.8) is 0 Å². The molecule has 0 aromatic carbocycles. The Morgan fingerprint density at radius 2 is 2.13 bits per heavy atom. The third-order valence-corrected chi connectivity index (χ3v) is 3.04. The van der Waals surface area contributed by atoms with Crippen molar-refractivity contribution in [2.45, 2.75) is 24.6 Å². The zero-order chi connectivity index (χ0) is 17.1. The van der Waals surface area contributed by atoms with Crippen LogP contribution in [-0.4, -0.2) is 63.8 Å². The number of aliphatic hydroxyl groups is 3. The molecule has 12 heteroatoms. The molecule has 23 heavy (non-hydrogen) atoms. The number of hydroxylamine groups is 2. The minimum Gasteiger partial charge on any atom is -0.394 e. The number of aliphatic imine (C=N–C) groups is 2. The minimum absolute atomic E-state index is 0.0156. The first-order valence-electron chi connectivity index (χ1n) is 6.41. The summed E-state index contributed by atoms with van der Waals surface area (Å²) in [7, 11) is 0. The van der Waals surface area contributed by atoms with Gasteiger partial charge in [-0.1, -0.05) is 6.58 Å². The second kappa shape index (κ2) is 6.91. The number of rotatable bonds is 5. The summed E-state index contributed by atoms with van der Waals surface area (Å²) in [6.07, 6.45) is -3.85. The molecule has 1 fully saturated rings. The molecule has 2 aliphatic heterocycles. The summed E-state index contributed by atoms with van der Waals surface area (Å²) in [6.45, 7) is 2.93. The Labute approximate surface area is 130 Å². The fraction of sp³-hybridized carbons (Fsp3) is 0.455.